The zero-order valence-electron chi connectivity index (χ0n) is 9.19. The number of thiol groups is 1. The molecule has 1 N–H and O–H groups in total. The maximum Gasteiger partial charge on any atom is 0.222 e. The first kappa shape index (κ1) is 12.8. The first-order valence-corrected chi connectivity index (χ1v) is 6.40. The van der Waals surface area contributed by atoms with Crippen LogP contribution in [0.15, 0.2) is 0 Å². The van der Waals surface area contributed by atoms with Gasteiger partial charge in [0.05, 0.1) is 0 Å². The van der Waals surface area contributed by atoms with Gasteiger partial charge < -0.3 is 10.0 Å². The van der Waals surface area contributed by atoms with Crippen molar-refractivity contribution in [2.45, 2.75) is 32.1 Å². The van der Waals surface area contributed by atoms with Gasteiger partial charge in [0.2, 0.25) is 5.91 Å². The van der Waals surface area contributed by atoms with Gasteiger partial charge in [-0.2, -0.15) is 12.6 Å². The van der Waals surface area contributed by atoms with Crippen LogP contribution < -0.4 is 0 Å². The minimum Gasteiger partial charge on any atom is -0.396 e. The molecule has 0 bridgehead atoms. The number of aliphatic hydroxyl groups excluding tert-OH is 1. The molecule has 1 heterocycles. The second kappa shape index (κ2) is 7.12. The third-order valence-electron chi connectivity index (χ3n) is 2.89. The molecule has 0 spiro atoms. The fraction of sp³-hybridized carbons (Fsp3) is 0.909. The van der Waals surface area contributed by atoms with Crippen LogP contribution in [0.25, 0.3) is 0 Å². The van der Waals surface area contributed by atoms with Crippen LogP contribution in [-0.2, 0) is 4.79 Å². The van der Waals surface area contributed by atoms with E-state index < -0.39 is 0 Å². The van der Waals surface area contributed by atoms with E-state index in [0.29, 0.717) is 12.3 Å². The highest BCUT2D eigenvalue weighted by Gasteiger charge is 2.27. The summed E-state index contributed by atoms with van der Waals surface area (Å²) in [5.41, 5.74) is 0. The van der Waals surface area contributed by atoms with Crippen LogP contribution in [0.3, 0.4) is 0 Å². The highest BCUT2D eigenvalue weighted by molar-refractivity contribution is 7.80. The van der Waals surface area contributed by atoms with E-state index >= 15 is 0 Å². The number of carbonyl (C=O) groups is 1. The molecule has 1 rings (SSSR count). The van der Waals surface area contributed by atoms with Gasteiger partial charge in [-0.15, -0.1) is 0 Å². The lowest BCUT2D eigenvalue weighted by molar-refractivity contribution is -0.127. The van der Waals surface area contributed by atoms with E-state index in [0.717, 1.165) is 44.5 Å². The van der Waals surface area contributed by atoms with E-state index in [1.54, 1.807) is 0 Å². The molecule has 1 saturated heterocycles. The molecule has 0 radical (unpaired) electrons. The van der Waals surface area contributed by atoms with Gasteiger partial charge in [0.1, 0.15) is 0 Å². The highest BCUT2D eigenvalue weighted by Crippen LogP contribution is 2.19. The van der Waals surface area contributed by atoms with Gasteiger partial charge in [-0.05, 0) is 24.5 Å². The van der Waals surface area contributed by atoms with Gasteiger partial charge in [-0.3, -0.25) is 4.79 Å². The van der Waals surface area contributed by atoms with Crippen LogP contribution in [-0.4, -0.2) is 41.4 Å². The number of amides is 1. The Bertz CT molecular complexity index is 199. The Hall–Kier alpha value is -0.220. The number of carbonyl (C=O) groups excluding carboxylic acids is 1. The maximum absolute atomic E-state index is 11.5. The quantitative estimate of drug-likeness (QED) is 0.512. The molecule has 0 aromatic heterocycles. The minimum absolute atomic E-state index is 0.282. The standard InChI is InChI=1S/C11H21NO2S/c13-6-4-2-1-3-5-12-8-10(9-15)7-11(12)14/h10,13,15H,1-9H2. The Morgan fingerprint density at radius 2 is 2.07 bits per heavy atom. The van der Waals surface area contributed by atoms with Crippen LogP contribution in [0.1, 0.15) is 32.1 Å². The normalized spacial score (nSPS) is 21.3. The number of rotatable bonds is 7. The van der Waals surface area contributed by atoms with E-state index in [1.807, 2.05) is 4.90 Å². The summed E-state index contributed by atoms with van der Waals surface area (Å²) in [6.07, 6.45) is 4.79. The van der Waals surface area contributed by atoms with Crippen molar-refractivity contribution in [3.63, 3.8) is 0 Å². The van der Waals surface area contributed by atoms with Crippen molar-refractivity contribution in [2.24, 2.45) is 5.92 Å². The fourth-order valence-electron chi connectivity index (χ4n) is 1.96. The number of aliphatic hydroxyl groups is 1. The third-order valence-corrected chi connectivity index (χ3v) is 3.41. The molecule has 1 aliphatic rings. The Kier molecular flexibility index (Phi) is 6.10. The van der Waals surface area contributed by atoms with Crippen molar-refractivity contribution in [3.05, 3.63) is 0 Å². The number of likely N-dealkylation sites (tertiary alicyclic amines) is 1. The number of hydrogen-bond acceptors (Lipinski definition) is 3. The molecule has 1 aliphatic heterocycles. The molecule has 0 aliphatic carbocycles. The van der Waals surface area contributed by atoms with Crippen molar-refractivity contribution < 1.29 is 9.90 Å². The smallest absolute Gasteiger partial charge is 0.222 e. The van der Waals surface area contributed by atoms with E-state index in [-0.39, 0.29) is 12.5 Å². The summed E-state index contributed by atoms with van der Waals surface area (Å²) in [7, 11) is 0. The molecule has 1 unspecified atom stereocenters. The summed E-state index contributed by atoms with van der Waals surface area (Å²) in [6, 6.07) is 0. The van der Waals surface area contributed by atoms with Crippen LogP contribution in [0.4, 0.5) is 0 Å². The number of hydrogen-bond donors (Lipinski definition) is 2. The van der Waals surface area contributed by atoms with Gasteiger partial charge in [-0.1, -0.05) is 12.8 Å². The second-order valence-electron chi connectivity index (χ2n) is 4.23. The lowest BCUT2D eigenvalue weighted by Gasteiger charge is -2.15. The zero-order valence-corrected chi connectivity index (χ0v) is 10.1. The molecule has 0 saturated carbocycles. The lowest BCUT2D eigenvalue weighted by atomic mass is 10.1. The Labute approximate surface area is 97.3 Å². The average molecular weight is 231 g/mol. The topological polar surface area (TPSA) is 40.5 Å². The van der Waals surface area contributed by atoms with E-state index in [2.05, 4.69) is 12.6 Å². The predicted molar refractivity (Wildman–Crippen MR) is 64.1 cm³/mol. The van der Waals surface area contributed by atoms with Gasteiger partial charge >= 0.3 is 0 Å². The molecular weight excluding hydrogens is 210 g/mol. The second-order valence-corrected chi connectivity index (χ2v) is 4.60. The average Bonchev–Trinajstić information content (AvgIpc) is 2.59. The SMILES string of the molecule is O=C1CC(CS)CN1CCCCCCO. The first-order valence-electron chi connectivity index (χ1n) is 5.77. The van der Waals surface area contributed by atoms with E-state index in [4.69, 9.17) is 5.11 Å². The molecule has 1 fully saturated rings. The minimum atomic E-state index is 0.282. The molecule has 15 heavy (non-hydrogen) atoms. The van der Waals surface area contributed by atoms with Crippen molar-refractivity contribution >= 4 is 18.5 Å². The molecule has 3 nitrogen and oxygen atoms in total. The third kappa shape index (κ3) is 4.43. The monoisotopic (exact) mass is 231 g/mol. The first-order chi connectivity index (χ1) is 7.27. The van der Waals surface area contributed by atoms with Crippen molar-refractivity contribution in [1.82, 2.24) is 4.90 Å². The highest BCUT2D eigenvalue weighted by atomic mass is 32.1. The molecular formula is C11H21NO2S. The Morgan fingerprint density at radius 1 is 1.33 bits per heavy atom. The van der Waals surface area contributed by atoms with E-state index in [1.165, 1.54) is 0 Å². The summed E-state index contributed by atoms with van der Waals surface area (Å²) in [4.78, 5) is 13.5. The lowest BCUT2D eigenvalue weighted by Crippen LogP contribution is -2.26. The Balaban J connectivity index is 2.08. The summed E-state index contributed by atoms with van der Waals surface area (Å²) >= 11 is 4.23. The molecule has 1 amide bonds. The van der Waals surface area contributed by atoms with Crippen LogP contribution in [0.2, 0.25) is 0 Å². The van der Waals surface area contributed by atoms with Crippen LogP contribution in [0.5, 0.6) is 0 Å². The Morgan fingerprint density at radius 3 is 2.67 bits per heavy atom. The molecule has 88 valence electrons. The van der Waals surface area contributed by atoms with Gasteiger partial charge in [0, 0.05) is 26.1 Å². The van der Waals surface area contributed by atoms with Crippen LogP contribution >= 0.6 is 12.6 Å². The molecule has 0 aromatic carbocycles. The molecule has 0 aromatic rings. The van der Waals surface area contributed by atoms with Gasteiger partial charge in [0.15, 0.2) is 0 Å². The number of nitrogens with zero attached hydrogens (tertiary/aromatic N) is 1. The van der Waals surface area contributed by atoms with Gasteiger partial charge in [-0.25, -0.2) is 0 Å². The summed E-state index contributed by atoms with van der Waals surface area (Å²) in [5, 5.41) is 8.61. The summed E-state index contributed by atoms with van der Waals surface area (Å²) in [5.74, 6) is 1.56. The maximum atomic E-state index is 11.5. The summed E-state index contributed by atoms with van der Waals surface area (Å²) < 4.78 is 0. The zero-order chi connectivity index (χ0) is 11.1. The largest absolute Gasteiger partial charge is 0.396 e. The molecule has 4 heteroatoms. The van der Waals surface area contributed by atoms with Gasteiger partial charge in [0.25, 0.3) is 0 Å². The van der Waals surface area contributed by atoms with Crippen molar-refractivity contribution in [1.29, 1.82) is 0 Å². The predicted octanol–water partition coefficient (Wildman–Crippen LogP) is 1.32. The van der Waals surface area contributed by atoms with Crippen molar-refractivity contribution in [3.8, 4) is 0 Å². The summed E-state index contributed by atoms with van der Waals surface area (Å²) in [6.45, 7) is 2.06. The van der Waals surface area contributed by atoms with E-state index in [9.17, 15) is 4.79 Å². The molecule has 1 atom stereocenters. The fourth-order valence-corrected chi connectivity index (χ4v) is 2.20. The number of unbranched alkanes of at least 4 members (excludes halogenated alkanes) is 3. The van der Waals surface area contributed by atoms with Crippen LogP contribution in [0, 0.1) is 5.92 Å². The van der Waals surface area contributed by atoms with Crippen molar-refractivity contribution in [2.75, 3.05) is 25.4 Å².